The van der Waals surface area contributed by atoms with Gasteiger partial charge in [-0.05, 0) is 54.4 Å². The van der Waals surface area contributed by atoms with Crippen LogP contribution in [0.3, 0.4) is 0 Å². The molecule has 1 N–H and O–H groups in total. The molecule has 108 valence electrons. The molecule has 2 nitrogen and oxygen atoms in total. The third-order valence-corrected chi connectivity index (χ3v) is 4.70. The molecule has 0 spiro atoms. The van der Waals surface area contributed by atoms with Crippen molar-refractivity contribution in [3.63, 3.8) is 0 Å². The Morgan fingerprint density at radius 2 is 1.76 bits per heavy atom. The van der Waals surface area contributed by atoms with Crippen LogP contribution >= 0.6 is 0 Å². The summed E-state index contributed by atoms with van der Waals surface area (Å²) < 4.78 is 5.83. The van der Waals surface area contributed by atoms with E-state index in [4.69, 9.17) is 4.74 Å². The summed E-state index contributed by atoms with van der Waals surface area (Å²) in [5.41, 5.74) is 5.96. The van der Waals surface area contributed by atoms with Crippen LogP contribution in [0.1, 0.15) is 46.8 Å². The van der Waals surface area contributed by atoms with E-state index in [1.807, 2.05) is 12.1 Å². The summed E-state index contributed by atoms with van der Waals surface area (Å²) in [6.45, 7) is 0.751. The number of aliphatic hydroxyl groups is 1. The SMILES string of the molecule is OC(c1ccc2c(c1)CCC2)c1cccc2c1OCCC2. The van der Waals surface area contributed by atoms with E-state index in [9.17, 15) is 5.11 Å². The number of hydrogen-bond donors (Lipinski definition) is 1. The summed E-state index contributed by atoms with van der Waals surface area (Å²) in [5.74, 6) is 0.900. The topological polar surface area (TPSA) is 29.5 Å². The molecule has 1 aliphatic carbocycles. The fourth-order valence-corrected chi connectivity index (χ4v) is 3.57. The average molecular weight is 280 g/mol. The highest BCUT2D eigenvalue weighted by atomic mass is 16.5. The van der Waals surface area contributed by atoms with Gasteiger partial charge in [0.2, 0.25) is 0 Å². The van der Waals surface area contributed by atoms with E-state index < -0.39 is 6.10 Å². The highest BCUT2D eigenvalue weighted by molar-refractivity contribution is 5.48. The number of benzene rings is 2. The van der Waals surface area contributed by atoms with Gasteiger partial charge in [0.25, 0.3) is 0 Å². The minimum Gasteiger partial charge on any atom is -0.493 e. The number of ether oxygens (including phenoxy) is 1. The van der Waals surface area contributed by atoms with E-state index in [0.717, 1.165) is 42.7 Å². The number of fused-ring (bicyclic) bond motifs is 2. The van der Waals surface area contributed by atoms with Crippen LogP contribution in [-0.4, -0.2) is 11.7 Å². The Hall–Kier alpha value is -1.80. The molecule has 0 aromatic heterocycles. The lowest BCUT2D eigenvalue weighted by Gasteiger charge is -2.23. The largest absolute Gasteiger partial charge is 0.493 e. The minimum absolute atomic E-state index is 0.594. The Bertz CT molecular complexity index is 675. The Kier molecular flexibility index (Phi) is 3.19. The molecule has 0 fully saturated rings. The summed E-state index contributed by atoms with van der Waals surface area (Å²) in [5, 5.41) is 10.8. The summed E-state index contributed by atoms with van der Waals surface area (Å²) in [4.78, 5) is 0. The predicted molar refractivity (Wildman–Crippen MR) is 82.8 cm³/mol. The van der Waals surface area contributed by atoms with Gasteiger partial charge in [-0.1, -0.05) is 36.4 Å². The number of para-hydroxylation sites is 1. The molecular weight excluding hydrogens is 260 g/mol. The van der Waals surface area contributed by atoms with Gasteiger partial charge in [0, 0.05) is 5.56 Å². The number of aliphatic hydroxyl groups excluding tert-OH is 1. The first kappa shape index (κ1) is 12.9. The van der Waals surface area contributed by atoms with Gasteiger partial charge in [0.15, 0.2) is 0 Å². The van der Waals surface area contributed by atoms with Crippen LogP contribution < -0.4 is 4.74 Å². The highest BCUT2D eigenvalue weighted by Gasteiger charge is 2.22. The maximum Gasteiger partial charge on any atom is 0.128 e. The van der Waals surface area contributed by atoms with E-state index in [2.05, 4.69) is 24.3 Å². The van der Waals surface area contributed by atoms with E-state index in [1.54, 1.807) is 0 Å². The van der Waals surface area contributed by atoms with Gasteiger partial charge >= 0.3 is 0 Å². The van der Waals surface area contributed by atoms with Crippen LogP contribution in [0.2, 0.25) is 0 Å². The number of hydrogen-bond acceptors (Lipinski definition) is 2. The van der Waals surface area contributed by atoms with Crippen LogP contribution in [0, 0.1) is 0 Å². The lowest BCUT2D eigenvalue weighted by molar-refractivity contribution is 0.206. The molecule has 21 heavy (non-hydrogen) atoms. The zero-order chi connectivity index (χ0) is 14.2. The molecule has 1 atom stereocenters. The second-order valence-electron chi connectivity index (χ2n) is 6.07. The summed E-state index contributed by atoms with van der Waals surface area (Å²) >= 11 is 0. The molecule has 1 heterocycles. The van der Waals surface area contributed by atoms with Crippen molar-refractivity contribution >= 4 is 0 Å². The molecule has 0 radical (unpaired) electrons. The third kappa shape index (κ3) is 2.24. The van der Waals surface area contributed by atoms with Crippen molar-refractivity contribution in [1.82, 2.24) is 0 Å². The molecule has 2 aromatic carbocycles. The van der Waals surface area contributed by atoms with Gasteiger partial charge in [0.05, 0.1) is 6.61 Å². The normalized spacial score (nSPS) is 17.8. The summed E-state index contributed by atoms with van der Waals surface area (Å²) in [7, 11) is 0. The van der Waals surface area contributed by atoms with Crippen molar-refractivity contribution in [3.05, 3.63) is 64.2 Å². The molecule has 2 aliphatic rings. The Balaban J connectivity index is 1.73. The Labute approximate surface area is 125 Å². The molecule has 0 saturated carbocycles. The number of rotatable bonds is 2. The summed E-state index contributed by atoms with van der Waals surface area (Å²) in [6, 6.07) is 12.5. The molecule has 0 amide bonds. The quantitative estimate of drug-likeness (QED) is 0.911. The van der Waals surface area contributed by atoms with Crippen LogP contribution in [0.5, 0.6) is 5.75 Å². The standard InChI is InChI=1S/C19H20O2/c20-18(16-10-9-13-4-1-6-15(13)12-16)17-8-2-5-14-7-3-11-21-19(14)17/h2,5,8-10,12,18,20H,1,3-4,6-7,11H2. The van der Waals surface area contributed by atoms with Crippen molar-refractivity contribution in [3.8, 4) is 5.75 Å². The van der Waals surface area contributed by atoms with Crippen molar-refractivity contribution in [2.75, 3.05) is 6.61 Å². The van der Waals surface area contributed by atoms with E-state index >= 15 is 0 Å². The van der Waals surface area contributed by atoms with Crippen molar-refractivity contribution in [1.29, 1.82) is 0 Å². The van der Waals surface area contributed by atoms with Gasteiger partial charge < -0.3 is 9.84 Å². The Morgan fingerprint density at radius 3 is 2.71 bits per heavy atom. The molecular formula is C19H20O2. The first-order valence-electron chi connectivity index (χ1n) is 7.87. The van der Waals surface area contributed by atoms with Gasteiger partial charge in [-0.15, -0.1) is 0 Å². The van der Waals surface area contributed by atoms with Crippen molar-refractivity contribution in [2.24, 2.45) is 0 Å². The van der Waals surface area contributed by atoms with E-state index in [0.29, 0.717) is 0 Å². The first-order valence-corrected chi connectivity index (χ1v) is 7.87. The zero-order valence-corrected chi connectivity index (χ0v) is 12.1. The maximum absolute atomic E-state index is 10.8. The van der Waals surface area contributed by atoms with Gasteiger partial charge in [-0.3, -0.25) is 0 Å². The highest BCUT2D eigenvalue weighted by Crippen LogP contribution is 2.36. The molecule has 2 heteroatoms. The van der Waals surface area contributed by atoms with Gasteiger partial charge in [-0.2, -0.15) is 0 Å². The molecule has 1 unspecified atom stereocenters. The fraction of sp³-hybridized carbons (Fsp3) is 0.368. The van der Waals surface area contributed by atoms with Crippen LogP contribution in [0.15, 0.2) is 36.4 Å². The van der Waals surface area contributed by atoms with Gasteiger partial charge in [0.1, 0.15) is 11.9 Å². The monoisotopic (exact) mass is 280 g/mol. The van der Waals surface area contributed by atoms with Crippen LogP contribution in [-0.2, 0) is 19.3 Å². The summed E-state index contributed by atoms with van der Waals surface area (Å²) in [6.07, 6.45) is 5.06. The average Bonchev–Trinajstić information content (AvgIpc) is 3.01. The first-order chi connectivity index (χ1) is 10.3. The Morgan fingerprint density at radius 1 is 0.905 bits per heavy atom. The van der Waals surface area contributed by atoms with E-state index in [1.165, 1.54) is 29.5 Å². The molecule has 0 saturated heterocycles. The number of aryl methyl sites for hydroxylation is 3. The smallest absolute Gasteiger partial charge is 0.128 e. The second kappa shape index (κ2) is 5.19. The molecule has 1 aliphatic heterocycles. The van der Waals surface area contributed by atoms with Crippen molar-refractivity contribution < 1.29 is 9.84 Å². The van der Waals surface area contributed by atoms with Gasteiger partial charge in [-0.25, -0.2) is 0 Å². The van der Waals surface area contributed by atoms with Crippen LogP contribution in [0.25, 0.3) is 0 Å². The van der Waals surface area contributed by atoms with E-state index in [-0.39, 0.29) is 0 Å². The second-order valence-corrected chi connectivity index (χ2v) is 6.07. The molecule has 4 rings (SSSR count). The molecule has 0 bridgehead atoms. The lowest BCUT2D eigenvalue weighted by atomic mass is 9.94. The minimum atomic E-state index is -0.594. The third-order valence-electron chi connectivity index (χ3n) is 4.70. The lowest BCUT2D eigenvalue weighted by Crippen LogP contribution is -2.12. The molecule has 2 aromatic rings. The maximum atomic E-state index is 10.8. The van der Waals surface area contributed by atoms with Crippen molar-refractivity contribution in [2.45, 2.75) is 38.2 Å². The fourth-order valence-electron chi connectivity index (χ4n) is 3.57. The van der Waals surface area contributed by atoms with Crippen LogP contribution in [0.4, 0.5) is 0 Å². The zero-order valence-electron chi connectivity index (χ0n) is 12.1. The predicted octanol–water partition coefficient (Wildman–Crippen LogP) is 3.58.